The highest BCUT2D eigenvalue weighted by Gasteiger charge is 2.16. The second kappa shape index (κ2) is 12.8. The van der Waals surface area contributed by atoms with Gasteiger partial charge in [-0.1, -0.05) is 29.3 Å². The van der Waals surface area contributed by atoms with Gasteiger partial charge in [0.2, 0.25) is 0 Å². The van der Waals surface area contributed by atoms with E-state index in [1.807, 2.05) is 44.2 Å². The van der Waals surface area contributed by atoms with Crippen LogP contribution in [0.5, 0.6) is 11.5 Å². The van der Waals surface area contributed by atoms with E-state index in [2.05, 4.69) is 26.6 Å². The minimum atomic E-state index is -0.568. The fourth-order valence-corrected chi connectivity index (χ4v) is 3.79. The Hall–Kier alpha value is -3.80. The van der Waals surface area contributed by atoms with Gasteiger partial charge in [0.15, 0.2) is 18.1 Å². The summed E-state index contributed by atoms with van der Waals surface area (Å²) in [6.07, 6.45) is 1.44. The zero-order valence-corrected chi connectivity index (χ0v) is 21.9. The maximum atomic E-state index is 12.6. The molecule has 0 aliphatic heterocycles. The summed E-state index contributed by atoms with van der Waals surface area (Å²) < 4.78 is 11.9. The number of rotatable bonds is 9. The van der Waals surface area contributed by atoms with Crippen LogP contribution in [0, 0.1) is 18.3 Å². The number of hydrogen-bond acceptors (Lipinski definition) is 5. The van der Waals surface area contributed by atoms with Crippen LogP contribution >= 0.6 is 27.5 Å². The number of carbonyl (C=O) groups excluding carboxylic acids is 2. The molecule has 0 heterocycles. The van der Waals surface area contributed by atoms with E-state index in [1.165, 1.54) is 6.08 Å². The molecule has 3 rings (SSSR count). The quantitative estimate of drug-likeness (QED) is 0.231. The first kappa shape index (κ1) is 26.8. The highest BCUT2D eigenvalue weighted by molar-refractivity contribution is 9.10. The van der Waals surface area contributed by atoms with Crippen molar-refractivity contribution >= 4 is 56.8 Å². The van der Waals surface area contributed by atoms with Crippen LogP contribution in [0.2, 0.25) is 5.02 Å². The molecule has 0 saturated heterocycles. The molecule has 36 heavy (non-hydrogen) atoms. The van der Waals surface area contributed by atoms with Crippen molar-refractivity contribution in [1.82, 2.24) is 0 Å². The molecule has 184 valence electrons. The number of nitrogens with zero attached hydrogens (tertiary/aromatic N) is 1. The molecular formula is C27H23BrClN3O4. The molecule has 3 aromatic rings. The number of nitrogens with one attached hydrogen (secondary N) is 2. The molecule has 3 aromatic carbocycles. The summed E-state index contributed by atoms with van der Waals surface area (Å²) in [5.41, 5.74) is 2.69. The van der Waals surface area contributed by atoms with E-state index in [0.717, 1.165) is 5.56 Å². The minimum Gasteiger partial charge on any atom is -0.490 e. The molecule has 2 amide bonds. The molecule has 0 aliphatic carbocycles. The molecule has 7 nitrogen and oxygen atoms in total. The van der Waals surface area contributed by atoms with Crippen LogP contribution in [0.15, 0.2) is 70.7 Å². The van der Waals surface area contributed by atoms with Gasteiger partial charge in [0.25, 0.3) is 11.8 Å². The molecule has 2 N–H and O–H groups in total. The Morgan fingerprint density at radius 1 is 1.03 bits per heavy atom. The van der Waals surface area contributed by atoms with E-state index in [4.69, 9.17) is 21.1 Å². The molecule has 0 unspecified atom stereocenters. The number of halogens is 2. The van der Waals surface area contributed by atoms with Crippen molar-refractivity contribution in [1.29, 1.82) is 5.26 Å². The summed E-state index contributed by atoms with van der Waals surface area (Å²) in [5.74, 6) is -0.210. The fourth-order valence-electron chi connectivity index (χ4n) is 3.09. The van der Waals surface area contributed by atoms with Crippen LogP contribution in [0.4, 0.5) is 11.4 Å². The Morgan fingerprint density at radius 3 is 2.31 bits per heavy atom. The highest BCUT2D eigenvalue weighted by Crippen LogP contribution is 2.37. The number of aryl methyl sites for hydroxylation is 1. The fraction of sp³-hybridized carbons (Fsp3) is 0.148. The molecule has 0 atom stereocenters. The summed E-state index contributed by atoms with van der Waals surface area (Å²) in [7, 11) is 0. The lowest BCUT2D eigenvalue weighted by atomic mass is 10.1. The first-order chi connectivity index (χ1) is 17.3. The Bertz CT molecular complexity index is 1320. The third-order valence-corrected chi connectivity index (χ3v) is 5.63. The van der Waals surface area contributed by atoms with Gasteiger partial charge in [-0.2, -0.15) is 5.26 Å². The first-order valence-corrected chi connectivity index (χ1v) is 12.1. The van der Waals surface area contributed by atoms with Gasteiger partial charge in [-0.25, -0.2) is 0 Å². The summed E-state index contributed by atoms with van der Waals surface area (Å²) >= 11 is 9.31. The Morgan fingerprint density at radius 2 is 1.67 bits per heavy atom. The molecule has 0 fully saturated rings. The molecule has 0 radical (unpaired) electrons. The summed E-state index contributed by atoms with van der Waals surface area (Å²) in [5, 5.41) is 15.5. The maximum Gasteiger partial charge on any atom is 0.266 e. The van der Waals surface area contributed by atoms with Crippen molar-refractivity contribution in [3.05, 3.63) is 86.9 Å². The van der Waals surface area contributed by atoms with E-state index in [0.29, 0.717) is 44.5 Å². The Labute approximate surface area is 222 Å². The van der Waals surface area contributed by atoms with Gasteiger partial charge in [-0.05, 0) is 89.9 Å². The largest absolute Gasteiger partial charge is 0.490 e. The smallest absolute Gasteiger partial charge is 0.266 e. The Kier molecular flexibility index (Phi) is 9.51. The normalized spacial score (nSPS) is 10.8. The van der Waals surface area contributed by atoms with Crippen LogP contribution in [-0.4, -0.2) is 25.0 Å². The van der Waals surface area contributed by atoms with Crippen molar-refractivity contribution in [3.8, 4) is 17.6 Å². The third kappa shape index (κ3) is 7.60. The average molecular weight is 569 g/mol. The van der Waals surface area contributed by atoms with Crippen molar-refractivity contribution in [2.75, 3.05) is 23.8 Å². The van der Waals surface area contributed by atoms with E-state index >= 15 is 0 Å². The minimum absolute atomic E-state index is 0.106. The van der Waals surface area contributed by atoms with Crippen LogP contribution in [-0.2, 0) is 9.59 Å². The number of ether oxygens (including phenoxy) is 2. The number of amides is 2. The number of anilines is 2. The van der Waals surface area contributed by atoms with Crippen molar-refractivity contribution < 1.29 is 19.1 Å². The predicted molar refractivity (Wildman–Crippen MR) is 144 cm³/mol. The van der Waals surface area contributed by atoms with Crippen LogP contribution in [0.3, 0.4) is 0 Å². The number of carbonyl (C=O) groups is 2. The number of hydrogen-bond donors (Lipinski definition) is 2. The average Bonchev–Trinajstić information content (AvgIpc) is 2.85. The van der Waals surface area contributed by atoms with Gasteiger partial charge in [-0.15, -0.1) is 0 Å². The molecular weight excluding hydrogens is 546 g/mol. The van der Waals surface area contributed by atoms with Gasteiger partial charge in [-0.3, -0.25) is 9.59 Å². The Balaban J connectivity index is 1.76. The SMILES string of the molecule is CCOc1cc(/C=C(\C#N)C(=O)Nc2ccc(Cl)cc2)cc(Br)c1OCC(=O)Nc1ccc(C)cc1. The predicted octanol–water partition coefficient (Wildman–Crippen LogP) is 6.37. The van der Waals surface area contributed by atoms with E-state index in [1.54, 1.807) is 36.4 Å². The second-order valence-electron chi connectivity index (χ2n) is 7.60. The van der Waals surface area contributed by atoms with Crippen molar-refractivity contribution in [2.45, 2.75) is 13.8 Å². The van der Waals surface area contributed by atoms with Gasteiger partial charge in [0, 0.05) is 16.4 Å². The second-order valence-corrected chi connectivity index (χ2v) is 8.89. The van der Waals surface area contributed by atoms with Crippen LogP contribution in [0.25, 0.3) is 6.08 Å². The topological polar surface area (TPSA) is 100 Å². The lowest BCUT2D eigenvalue weighted by Gasteiger charge is -2.15. The van der Waals surface area contributed by atoms with Crippen molar-refractivity contribution in [3.63, 3.8) is 0 Å². The molecule has 9 heteroatoms. The van der Waals surface area contributed by atoms with Gasteiger partial charge in [0.1, 0.15) is 11.6 Å². The monoisotopic (exact) mass is 567 g/mol. The summed E-state index contributed by atoms with van der Waals surface area (Å²) in [6.45, 7) is 3.87. The van der Waals surface area contributed by atoms with Crippen LogP contribution < -0.4 is 20.1 Å². The molecule has 0 spiro atoms. The van der Waals surface area contributed by atoms with Crippen molar-refractivity contribution in [2.24, 2.45) is 0 Å². The molecule has 0 saturated carbocycles. The highest BCUT2D eigenvalue weighted by atomic mass is 79.9. The lowest BCUT2D eigenvalue weighted by Crippen LogP contribution is -2.20. The zero-order chi connectivity index (χ0) is 26.1. The summed E-state index contributed by atoms with van der Waals surface area (Å²) in [4.78, 5) is 25.0. The molecule has 0 bridgehead atoms. The van der Waals surface area contributed by atoms with Gasteiger partial charge >= 0.3 is 0 Å². The first-order valence-electron chi connectivity index (χ1n) is 10.9. The van der Waals surface area contributed by atoms with E-state index in [9.17, 15) is 14.9 Å². The maximum absolute atomic E-state index is 12.6. The summed E-state index contributed by atoms with van der Waals surface area (Å²) in [6, 6.07) is 19.2. The van der Waals surface area contributed by atoms with Crippen LogP contribution in [0.1, 0.15) is 18.1 Å². The third-order valence-electron chi connectivity index (χ3n) is 4.79. The number of nitriles is 1. The zero-order valence-electron chi connectivity index (χ0n) is 19.6. The van der Waals surface area contributed by atoms with E-state index < -0.39 is 5.91 Å². The van der Waals surface area contributed by atoms with Gasteiger partial charge < -0.3 is 20.1 Å². The van der Waals surface area contributed by atoms with Gasteiger partial charge in [0.05, 0.1) is 11.1 Å². The van der Waals surface area contributed by atoms with E-state index in [-0.39, 0.29) is 18.1 Å². The molecule has 0 aliphatic rings. The standard InChI is InChI=1S/C27H23BrClN3O4/c1-3-35-24-14-18(12-19(15-30)27(34)32-22-10-6-20(29)7-11-22)13-23(28)26(24)36-16-25(33)31-21-8-4-17(2)5-9-21/h4-14H,3,16H2,1-2H3,(H,31,33)(H,32,34)/b19-12+. The lowest BCUT2D eigenvalue weighted by molar-refractivity contribution is -0.118. The number of benzene rings is 3. The molecule has 0 aromatic heterocycles.